The lowest BCUT2D eigenvalue weighted by Crippen LogP contribution is -2.21. The van der Waals surface area contributed by atoms with E-state index in [4.69, 9.17) is 4.42 Å². The summed E-state index contributed by atoms with van der Waals surface area (Å²) in [6.45, 7) is 2.75. The maximum absolute atomic E-state index is 10.7. The van der Waals surface area contributed by atoms with Crippen molar-refractivity contribution in [3.8, 4) is 0 Å². The average Bonchev–Trinajstić information content (AvgIpc) is 2.92. The fourth-order valence-corrected chi connectivity index (χ4v) is 1.89. The van der Waals surface area contributed by atoms with Crippen LogP contribution in [0.2, 0.25) is 0 Å². The number of benzene rings is 1. The van der Waals surface area contributed by atoms with Gasteiger partial charge in [-0.3, -0.25) is 10.1 Å². The normalized spacial score (nSPS) is 12.3. The van der Waals surface area contributed by atoms with Crippen LogP contribution >= 0.6 is 0 Å². The lowest BCUT2D eigenvalue weighted by molar-refractivity contribution is -0.384. The zero-order valence-corrected chi connectivity index (χ0v) is 10.7. The Balaban J connectivity index is 1.90. The molecule has 0 aliphatic heterocycles. The van der Waals surface area contributed by atoms with Crippen LogP contribution in [0.4, 0.5) is 5.69 Å². The van der Waals surface area contributed by atoms with Crippen LogP contribution in [0, 0.1) is 10.1 Å². The summed E-state index contributed by atoms with van der Waals surface area (Å²) in [5.41, 5.74) is 1.03. The monoisotopic (exact) mass is 260 g/mol. The molecule has 100 valence electrons. The number of hydrogen-bond acceptors (Lipinski definition) is 4. The molecule has 0 fully saturated rings. The molecule has 1 unspecified atom stereocenters. The molecule has 19 heavy (non-hydrogen) atoms. The molecule has 0 spiro atoms. The van der Waals surface area contributed by atoms with Gasteiger partial charge in [-0.05, 0) is 24.6 Å². The maximum Gasteiger partial charge on any atom is 0.269 e. The van der Waals surface area contributed by atoms with Gasteiger partial charge < -0.3 is 9.73 Å². The Hall–Kier alpha value is -2.14. The van der Waals surface area contributed by atoms with Crippen LogP contribution in [0.5, 0.6) is 0 Å². The molecule has 0 bridgehead atoms. The van der Waals surface area contributed by atoms with E-state index >= 15 is 0 Å². The number of rotatable bonds is 6. The van der Waals surface area contributed by atoms with Crippen molar-refractivity contribution in [2.45, 2.75) is 19.4 Å². The highest BCUT2D eigenvalue weighted by atomic mass is 16.6. The zero-order valence-electron chi connectivity index (χ0n) is 10.7. The molecule has 0 aliphatic rings. The molecule has 2 rings (SSSR count). The number of nitrogens with zero attached hydrogens (tertiary/aromatic N) is 1. The summed E-state index contributed by atoms with van der Waals surface area (Å²) in [6, 6.07) is 10.5. The van der Waals surface area contributed by atoms with Crippen molar-refractivity contribution in [2.24, 2.45) is 0 Å². The van der Waals surface area contributed by atoms with Gasteiger partial charge in [-0.25, -0.2) is 0 Å². The molecule has 1 N–H and O–H groups in total. The Bertz CT molecular complexity index is 537. The van der Waals surface area contributed by atoms with Gasteiger partial charge in [0, 0.05) is 31.1 Å². The molecule has 0 radical (unpaired) electrons. The van der Waals surface area contributed by atoms with Gasteiger partial charge in [0.1, 0.15) is 5.76 Å². The fourth-order valence-electron chi connectivity index (χ4n) is 1.89. The van der Waals surface area contributed by atoms with Crippen molar-refractivity contribution in [3.05, 3.63) is 64.1 Å². The standard InChI is InChI=1S/C14H16N2O3/c1-11(15-8-7-14-6-3-9-19-14)12-4-2-5-13(10-12)16(17)18/h2-6,9-11,15H,7-8H2,1H3. The highest BCUT2D eigenvalue weighted by Crippen LogP contribution is 2.18. The van der Waals surface area contributed by atoms with Crippen molar-refractivity contribution < 1.29 is 9.34 Å². The molecule has 0 aliphatic carbocycles. The Kier molecular flexibility index (Phi) is 4.30. The molecular formula is C14H16N2O3. The predicted octanol–water partition coefficient (Wildman–Crippen LogP) is 3.08. The molecule has 2 aromatic rings. The molecular weight excluding hydrogens is 244 g/mol. The quantitative estimate of drug-likeness (QED) is 0.640. The highest BCUT2D eigenvalue weighted by molar-refractivity contribution is 5.35. The van der Waals surface area contributed by atoms with Crippen LogP contribution in [-0.2, 0) is 6.42 Å². The first-order valence-corrected chi connectivity index (χ1v) is 6.17. The van der Waals surface area contributed by atoms with E-state index in [1.807, 2.05) is 25.1 Å². The van der Waals surface area contributed by atoms with Gasteiger partial charge in [0.25, 0.3) is 5.69 Å². The van der Waals surface area contributed by atoms with Crippen LogP contribution in [-0.4, -0.2) is 11.5 Å². The third kappa shape index (κ3) is 3.66. The second-order valence-electron chi connectivity index (χ2n) is 4.36. The third-order valence-electron chi connectivity index (χ3n) is 2.98. The van der Waals surface area contributed by atoms with Crippen molar-refractivity contribution >= 4 is 5.69 Å². The first-order valence-electron chi connectivity index (χ1n) is 6.17. The zero-order chi connectivity index (χ0) is 13.7. The van der Waals surface area contributed by atoms with E-state index in [0.717, 1.165) is 24.3 Å². The summed E-state index contributed by atoms with van der Waals surface area (Å²) in [5, 5.41) is 14.0. The number of furan rings is 1. The smallest absolute Gasteiger partial charge is 0.269 e. The van der Waals surface area contributed by atoms with E-state index in [9.17, 15) is 10.1 Å². The molecule has 5 nitrogen and oxygen atoms in total. The second-order valence-corrected chi connectivity index (χ2v) is 4.36. The minimum absolute atomic E-state index is 0.0647. The summed E-state index contributed by atoms with van der Waals surface area (Å²) in [4.78, 5) is 10.3. The Morgan fingerprint density at radius 1 is 1.37 bits per heavy atom. The van der Waals surface area contributed by atoms with E-state index in [0.29, 0.717) is 0 Å². The largest absolute Gasteiger partial charge is 0.469 e. The number of nitro benzene ring substituents is 1. The maximum atomic E-state index is 10.7. The summed E-state index contributed by atoms with van der Waals surface area (Å²) >= 11 is 0. The van der Waals surface area contributed by atoms with Gasteiger partial charge in [-0.1, -0.05) is 12.1 Å². The Morgan fingerprint density at radius 3 is 2.89 bits per heavy atom. The van der Waals surface area contributed by atoms with E-state index in [-0.39, 0.29) is 16.7 Å². The third-order valence-corrected chi connectivity index (χ3v) is 2.98. The van der Waals surface area contributed by atoms with Crippen molar-refractivity contribution in [1.29, 1.82) is 0 Å². The molecule has 1 atom stereocenters. The summed E-state index contributed by atoms with van der Waals surface area (Å²) < 4.78 is 5.24. The van der Waals surface area contributed by atoms with Crippen molar-refractivity contribution in [1.82, 2.24) is 5.32 Å². The van der Waals surface area contributed by atoms with Gasteiger partial charge in [0.05, 0.1) is 11.2 Å². The molecule has 0 amide bonds. The van der Waals surface area contributed by atoms with Gasteiger partial charge in [0.2, 0.25) is 0 Å². The second kappa shape index (κ2) is 6.15. The van der Waals surface area contributed by atoms with Crippen LogP contribution in [0.3, 0.4) is 0 Å². The number of hydrogen-bond donors (Lipinski definition) is 1. The number of nitrogens with one attached hydrogen (secondary N) is 1. The molecule has 0 saturated carbocycles. The van der Waals surface area contributed by atoms with Crippen LogP contribution in [0.1, 0.15) is 24.3 Å². The minimum atomic E-state index is -0.376. The van der Waals surface area contributed by atoms with E-state index < -0.39 is 0 Å². The lowest BCUT2D eigenvalue weighted by atomic mass is 10.1. The van der Waals surface area contributed by atoms with Gasteiger partial charge >= 0.3 is 0 Å². The fraction of sp³-hybridized carbons (Fsp3) is 0.286. The van der Waals surface area contributed by atoms with Crippen molar-refractivity contribution in [2.75, 3.05) is 6.54 Å². The van der Waals surface area contributed by atoms with Gasteiger partial charge in [-0.2, -0.15) is 0 Å². The van der Waals surface area contributed by atoms with E-state index in [1.165, 1.54) is 6.07 Å². The van der Waals surface area contributed by atoms with Crippen molar-refractivity contribution in [3.63, 3.8) is 0 Å². The topological polar surface area (TPSA) is 68.3 Å². The number of non-ortho nitro benzene ring substituents is 1. The molecule has 5 heteroatoms. The first kappa shape index (κ1) is 13.3. The van der Waals surface area contributed by atoms with E-state index in [2.05, 4.69) is 5.32 Å². The summed E-state index contributed by atoms with van der Waals surface area (Å²) in [6.07, 6.45) is 2.45. The van der Waals surface area contributed by atoms with Crippen LogP contribution in [0.15, 0.2) is 47.1 Å². The minimum Gasteiger partial charge on any atom is -0.469 e. The molecule has 0 saturated heterocycles. The van der Waals surface area contributed by atoms with Crippen LogP contribution in [0.25, 0.3) is 0 Å². The first-order chi connectivity index (χ1) is 9.16. The molecule has 1 aromatic carbocycles. The highest BCUT2D eigenvalue weighted by Gasteiger charge is 2.10. The van der Waals surface area contributed by atoms with E-state index in [1.54, 1.807) is 18.4 Å². The lowest BCUT2D eigenvalue weighted by Gasteiger charge is -2.13. The van der Waals surface area contributed by atoms with Gasteiger partial charge in [-0.15, -0.1) is 0 Å². The van der Waals surface area contributed by atoms with Crippen LogP contribution < -0.4 is 5.32 Å². The Labute approximate surface area is 111 Å². The van der Waals surface area contributed by atoms with Gasteiger partial charge in [0.15, 0.2) is 0 Å². The predicted molar refractivity (Wildman–Crippen MR) is 71.9 cm³/mol. The summed E-state index contributed by atoms with van der Waals surface area (Å²) in [5.74, 6) is 0.929. The average molecular weight is 260 g/mol. The Morgan fingerprint density at radius 2 is 2.21 bits per heavy atom. The molecule has 1 heterocycles. The SMILES string of the molecule is CC(NCCc1ccco1)c1cccc([N+](=O)[O-])c1. The summed E-state index contributed by atoms with van der Waals surface area (Å²) in [7, 11) is 0. The number of nitro groups is 1. The molecule has 1 aromatic heterocycles.